The van der Waals surface area contributed by atoms with Crippen molar-refractivity contribution < 1.29 is 4.39 Å². The lowest BCUT2D eigenvalue weighted by Crippen LogP contribution is -2.03. The quantitative estimate of drug-likeness (QED) is 0.425. The molecule has 0 aliphatic heterocycles. The Balaban J connectivity index is 1.38. The van der Waals surface area contributed by atoms with Gasteiger partial charge < -0.3 is 9.72 Å². The molecule has 9 nitrogen and oxygen atoms in total. The van der Waals surface area contributed by atoms with E-state index < -0.39 is 0 Å². The van der Waals surface area contributed by atoms with Gasteiger partial charge in [0.2, 0.25) is 5.95 Å². The van der Waals surface area contributed by atoms with Crippen molar-refractivity contribution in [2.75, 3.05) is 5.32 Å². The molecule has 0 spiro atoms. The molecular formula is C24H20FN9. The van der Waals surface area contributed by atoms with Gasteiger partial charge in [0, 0.05) is 49.9 Å². The number of rotatable bonds is 5. The molecule has 0 fully saturated rings. The first-order valence-electron chi connectivity index (χ1n) is 10.7. The van der Waals surface area contributed by atoms with Crippen molar-refractivity contribution in [2.24, 2.45) is 7.05 Å². The van der Waals surface area contributed by atoms with Crippen molar-refractivity contribution >= 4 is 22.9 Å². The predicted octanol–water partition coefficient (Wildman–Crippen LogP) is 3.95. The number of aromatic nitrogens is 8. The molecule has 6 rings (SSSR count). The summed E-state index contributed by atoms with van der Waals surface area (Å²) in [4.78, 5) is 9.16. The maximum atomic E-state index is 13.6. The van der Waals surface area contributed by atoms with Crippen LogP contribution in [-0.4, -0.2) is 38.7 Å². The lowest BCUT2D eigenvalue weighted by Gasteiger charge is -2.08. The van der Waals surface area contributed by atoms with E-state index in [1.54, 1.807) is 23.1 Å². The second-order valence-electron chi connectivity index (χ2n) is 8.13. The van der Waals surface area contributed by atoms with Crippen LogP contribution in [0.4, 0.5) is 16.2 Å². The van der Waals surface area contributed by atoms with Crippen molar-refractivity contribution in [2.45, 2.75) is 13.3 Å². The lowest BCUT2D eigenvalue weighted by molar-refractivity contribution is 0.625. The molecule has 0 radical (unpaired) electrons. The highest BCUT2D eigenvalue weighted by molar-refractivity contribution is 5.79. The Bertz CT molecular complexity index is 1660. The minimum Gasteiger partial charge on any atom is -0.318 e. The molecule has 5 heterocycles. The van der Waals surface area contributed by atoms with Crippen LogP contribution in [0.3, 0.4) is 0 Å². The zero-order valence-electron chi connectivity index (χ0n) is 18.5. The van der Waals surface area contributed by atoms with Gasteiger partial charge in [-0.05, 0) is 36.2 Å². The molecule has 1 N–H and O–H groups in total. The topological polar surface area (TPSA) is 90.2 Å². The Morgan fingerprint density at radius 2 is 2.00 bits per heavy atom. The van der Waals surface area contributed by atoms with Crippen molar-refractivity contribution in [1.82, 2.24) is 38.7 Å². The largest absolute Gasteiger partial charge is 0.318 e. The summed E-state index contributed by atoms with van der Waals surface area (Å²) in [5.41, 5.74) is 5.18. The molecule has 0 saturated heterocycles. The third-order valence-electron chi connectivity index (χ3n) is 5.78. The maximum absolute atomic E-state index is 13.6. The minimum absolute atomic E-state index is 0.262. The third-order valence-corrected chi connectivity index (χ3v) is 5.78. The fourth-order valence-electron chi connectivity index (χ4n) is 4.06. The zero-order chi connectivity index (χ0) is 23.2. The van der Waals surface area contributed by atoms with Gasteiger partial charge in [-0.1, -0.05) is 12.1 Å². The Labute approximate surface area is 193 Å². The van der Waals surface area contributed by atoms with Crippen LogP contribution in [-0.2, 0) is 13.5 Å². The molecule has 10 heteroatoms. The lowest BCUT2D eigenvalue weighted by atomic mass is 10.1. The molecule has 0 bridgehead atoms. The van der Waals surface area contributed by atoms with E-state index in [4.69, 9.17) is 4.98 Å². The number of halogens is 1. The van der Waals surface area contributed by atoms with Crippen LogP contribution >= 0.6 is 0 Å². The van der Waals surface area contributed by atoms with Gasteiger partial charge in [0.05, 0.1) is 17.4 Å². The summed E-state index contributed by atoms with van der Waals surface area (Å²) in [5.74, 6) is 1.77. The summed E-state index contributed by atoms with van der Waals surface area (Å²) >= 11 is 0. The van der Waals surface area contributed by atoms with E-state index in [1.165, 1.54) is 12.1 Å². The number of nitrogens with one attached hydrogen (secondary N) is 1. The van der Waals surface area contributed by atoms with Crippen LogP contribution in [0.1, 0.15) is 17.0 Å². The van der Waals surface area contributed by atoms with Crippen LogP contribution in [0.2, 0.25) is 0 Å². The van der Waals surface area contributed by atoms with Crippen LogP contribution in [0.5, 0.6) is 0 Å². The van der Waals surface area contributed by atoms with Gasteiger partial charge >= 0.3 is 0 Å². The van der Waals surface area contributed by atoms with E-state index in [9.17, 15) is 4.39 Å². The van der Waals surface area contributed by atoms with E-state index in [1.807, 2.05) is 59.6 Å². The molecule has 5 aromatic heterocycles. The molecule has 168 valence electrons. The van der Waals surface area contributed by atoms with Crippen LogP contribution < -0.4 is 5.32 Å². The van der Waals surface area contributed by atoms with Gasteiger partial charge in [-0.25, -0.2) is 14.4 Å². The zero-order valence-corrected chi connectivity index (χ0v) is 18.5. The smallest absolute Gasteiger partial charge is 0.228 e. The number of benzene rings is 1. The average Bonchev–Trinajstić information content (AvgIpc) is 3.54. The number of aryl methyl sites for hydroxylation is 2. The number of hydrogen-bond acceptors (Lipinski definition) is 6. The summed E-state index contributed by atoms with van der Waals surface area (Å²) in [7, 11) is 1.85. The highest BCUT2D eigenvalue weighted by Gasteiger charge is 2.15. The molecule has 0 saturated carbocycles. The SMILES string of the molecule is Cc1cnc(Nc2ccnn2C)nc1-c1cc2c3nnc(Cc4cccc(F)c4)n3ccn2c1. The van der Waals surface area contributed by atoms with Crippen LogP contribution in [0, 0.1) is 12.7 Å². The Morgan fingerprint density at radius 3 is 2.82 bits per heavy atom. The molecule has 0 amide bonds. The molecule has 1 aromatic carbocycles. The fraction of sp³-hybridized carbons (Fsp3) is 0.125. The van der Waals surface area contributed by atoms with E-state index in [0.717, 1.165) is 45.2 Å². The summed E-state index contributed by atoms with van der Waals surface area (Å²) in [6, 6.07) is 10.4. The third kappa shape index (κ3) is 3.45. The van der Waals surface area contributed by atoms with E-state index in [-0.39, 0.29) is 5.82 Å². The Hall–Kier alpha value is -4.60. The van der Waals surface area contributed by atoms with Crippen molar-refractivity contribution in [3.63, 3.8) is 0 Å². The van der Waals surface area contributed by atoms with Crippen molar-refractivity contribution in [1.29, 1.82) is 0 Å². The summed E-state index contributed by atoms with van der Waals surface area (Å²) in [6.45, 7) is 1.98. The molecular weight excluding hydrogens is 433 g/mol. The molecule has 0 unspecified atom stereocenters. The highest BCUT2D eigenvalue weighted by Crippen LogP contribution is 2.27. The summed E-state index contributed by atoms with van der Waals surface area (Å²) in [6.07, 6.45) is 9.88. The molecule has 0 aliphatic carbocycles. The van der Waals surface area contributed by atoms with Gasteiger partial charge in [-0.15, -0.1) is 10.2 Å². The van der Waals surface area contributed by atoms with Gasteiger partial charge in [0.15, 0.2) is 5.65 Å². The maximum Gasteiger partial charge on any atom is 0.228 e. The molecule has 6 aromatic rings. The summed E-state index contributed by atoms with van der Waals surface area (Å²) in [5, 5.41) is 16.1. The van der Waals surface area contributed by atoms with Crippen LogP contribution in [0.15, 0.2) is 67.4 Å². The first-order chi connectivity index (χ1) is 16.5. The van der Waals surface area contributed by atoms with E-state index in [2.05, 4.69) is 25.6 Å². The predicted molar refractivity (Wildman–Crippen MR) is 125 cm³/mol. The minimum atomic E-state index is -0.262. The molecule has 0 aliphatic rings. The van der Waals surface area contributed by atoms with Crippen LogP contribution in [0.25, 0.3) is 22.4 Å². The second kappa shape index (κ2) is 7.77. The fourth-order valence-corrected chi connectivity index (χ4v) is 4.06. The Kier molecular flexibility index (Phi) is 4.58. The number of anilines is 2. The van der Waals surface area contributed by atoms with Gasteiger partial charge in [0.25, 0.3) is 0 Å². The molecule has 0 atom stereocenters. The average molecular weight is 453 g/mol. The number of fused-ring (bicyclic) bond motifs is 3. The standard InChI is InChI=1S/C24H20FN9/c1-15-13-26-24(28-20-6-7-27-32(20)2)29-22(15)17-12-19-23-31-30-21(34(23)9-8-33(19)14-17)11-16-4-3-5-18(25)10-16/h3-10,12-14H,11H2,1-2H3,(H,26,28,29). The van der Waals surface area contributed by atoms with Crippen molar-refractivity contribution in [3.05, 3.63) is 90.2 Å². The summed E-state index contributed by atoms with van der Waals surface area (Å²) < 4.78 is 19.3. The van der Waals surface area contributed by atoms with Gasteiger partial charge in [0.1, 0.15) is 17.5 Å². The number of hydrogen-bond donors (Lipinski definition) is 1. The van der Waals surface area contributed by atoms with E-state index in [0.29, 0.717) is 12.4 Å². The van der Waals surface area contributed by atoms with Gasteiger partial charge in [-0.2, -0.15) is 5.10 Å². The first-order valence-corrected chi connectivity index (χ1v) is 10.7. The highest BCUT2D eigenvalue weighted by atomic mass is 19.1. The first kappa shape index (κ1) is 20.0. The molecule has 34 heavy (non-hydrogen) atoms. The Morgan fingerprint density at radius 1 is 1.09 bits per heavy atom. The van der Waals surface area contributed by atoms with Gasteiger partial charge in [-0.3, -0.25) is 9.08 Å². The monoisotopic (exact) mass is 453 g/mol. The normalized spacial score (nSPS) is 11.5. The van der Waals surface area contributed by atoms with E-state index >= 15 is 0 Å². The van der Waals surface area contributed by atoms with Crippen molar-refractivity contribution in [3.8, 4) is 11.3 Å². The second-order valence-corrected chi connectivity index (χ2v) is 8.13. The number of nitrogens with zero attached hydrogens (tertiary/aromatic N) is 8.